The van der Waals surface area contributed by atoms with E-state index in [0.29, 0.717) is 5.56 Å². The van der Waals surface area contributed by atoms with E-state index in [1.165, 1.54) is 12.1 Å². The third-order valence-electron chi connectivity index (χ3n) is 4.09. The molecule has 0 saturated heterocycles. The van der Waals surface area contributed by atoms with Crippen molar-refractivity contribution in [1.29, 1.82) is 0 Å². The van der Waals surface area contributed by atoms with E-state index in [4.69, 9.17) is 5.73 Å². The van der Waals surface area contributed by atoms with Crippen LogP contribution in [0.3, 0.4) is 0 Å². The Balaban J connectivity index is 1.92. The van der Waals surface area contributed by atoms with Crippen LogP contribution in [0.4, 0.5) is 18.9 Å². The Morgan fingerprint density at radius 1 is 1.24 bits per heavy atom. The molecule has 0 spiro atoms. The zero-order chi connectivity index (χ0) is 18.4. The van der Waals surface area contributed by atoms with Crippen molar-refractivity contribution in [2.45, 2.75) is 25.1 Å². The summed E-state index contributed by atoms with van der Waals surface area (Å²) in [6.07, 6.45) is -4.06. The SMILES string of the molecule is Nc1c(C(=O)N[C@@H]2CCc3c2cccc3C(F)(F)F)[nH]c(=O)[nH]c1=O. The normalized spacial score (nSPS) is 16.5. The number of carbonyl (C=O) groups is 1. The minimum Gasteiger partial charge on any atom is -0.392 e. The number of amides is 1. The van der Waals surface area contributed by atoms with Gasteiger partial charge in [0.2, 0.25) is 0 Å². The van der Waals surface area contributed by atoms with E-state index in [9.17, 15) is 27.6 Å². The Bertz CT molecular complexity index is 962. The van der Waals surface area contributed by atoms with Crippen molar-refractivity contribution in [2.75, 3.05) is 5.73 Å². The maximum absolute atomic E-state index is 13.1. The molecule has 0 bridgehead atoms. The molecule has 0 unspecified atom stereocenters. The van der Waals surface area contributed by atoms with Crippen molar-refractivity contribution in [3.05, 3.63) is 61.4 Å². The average molecular weight is 354 g/mol. The standard InChI is InChI=1S/C15H13F3N4O3/c16-15(17,18)8-3-1-2-7-6(8)4-5-9(7)20-13(24)11-10(19)12(23)22-14(25)21-11/h1-3,9H,4-5,19H2,(H,20,24)(H2,21,22,23,25)/t9-/m1/s1. The highest BCUT2D eigenvalue weighted by Gasteiger charge is 2.37. The zero-order valence-electron chi connectivity index (χ0n) is 12.7. The molecule has 0 aliphatic heterocycles. The number of fused-ring (bicyclic) bond motifs is 1. The van der Waals surface area contributed by atoms with Gasteiger partial charge in [-0.25, -0.2) is 4.79 Å². The van der Waals surface area contributed by atoms with Gasteiger partial charge in [-0.05, 0) is 30.0 Å². The number of rotatable bonds is 2. The highest BCUT2D eigenvalue weighted by atomic mass is 19.4. The molecule has 1 aromatic carbocycles. The molecule has 3 rings (SSSR count). The Kier molecular flexibility index (Phi) is 3.90. The largest absolute Gasteiger partial charge is 0.416 e. The molecule has 1 aliphatic carbocycles. The molecule has 25 heavy (non-hydrogen) atoms. The first-order valence-electron chi connectivity index (χ1n) is 7.30. The van der Waals surface area contributed by atoms with E-state index in [-0.39, 0.29) is 18.4 Å². The lowest BCUT2D eigenvalue weighted by molar-refractivity contribution is -0.138. The van der Waals surface area contributed by atoms with E-state index in [1.54, 1.807) is 0 Å². The van der Waals surface area contributed by atoms with Crippen molar-refractivity contribution in [3.8, 4) is 0 Å². The summed E-state index contributed by atoms with van der Waals surface area (Å²) in [5.74, 6) is -0.837. The molecule has 7 nitrogen and oxygen atoms in total. The lowest BCUT2D eigenvalue weighted by Gasteiger charge is -2.16. The van der Waals surface area contributed by atoms with Gasteiger partial charge in [0.1, 0.15) is 11.4 Å². The van der Waals surface area contributed by atoms with E-state index in [1.807, 2.05) is 4.98 Å². The monoisotopic (exact) mass is 354 g/mol. The van der Waals surface area contributed by atoms with Gasteiger partial charge in [0, 0.05) is 0 Å². The summed E-state index contributed by atoms with van der Waals surface area (Å²) in [6.45, 7) is 0. The van der Waals surface area contributed by atoms with Crippen LogP contribution in [0.15, 0.2) is 27.8 Å². The fourth-order valence-electron chi connectivity index (χ4n) is 2.98. The summed E-state index contributed by atoms with van der Waals surface area (Å²) in [7, 11) is 0. The minimum atomic E-state index is -4.48. The summed E-state index contributed by atoms with van der Waals surface area (Å²) < 4.78 is 39.2. The summed E-state index contributed by atoms with van der Waals surface area (Å²) >= 11 is 0. The fourth-order valence-corrected chi connectivity index (χ4v) is 2.98. The summed E-state index contributed by atoms with van der Waals surface area (Å²) in [5, 5.41) is 2.52. The van der Waals surface area contributed by atoms with Crippen molar-refractivity contribution >= 4 is 11.6 Å². The molecule has 0 saturated carbocycles. The second-order valence-corrected chi connectivity index (χ2v) is 5.63. The Labute approximate surface area is 138 Å². The molecule has 10 heteroatoms. The smallest absolute Gasteiger partial charge is 0.392 e. The molecule has 132 valence electrons. The molecule has 1 heterocycles. The van der Waals surface area contributed by atoms with Crippen LogP contribution in [0.25, 0.3) is 0 Å². The number of nitrogen functional groups attached to an aromatic ring is 1. The van der Waals surface area contributed by atoms with Crippen LogP contribution in [-0.2, 0) is 12.6 Å². The highest BCUT2D eigenvalue weighted by Crippen LogP contribution is 2.40. The fraction of sp³-hybridized carbons (Fsp3) is 0.267. The number of benzene rings is 1. The summed E-state index contributed by atoms with van der Waals surface area (Å²) in [4.78, 5) is 39.0. The van der Waals surface area contributed by atoms with Gasteiger partial charge in [-0.2, -0.15) is 13.2 Å². The van der Waals surface area contributed by atoms with E-state index < -0.39 is 46.3 Å². The van der Waals surface area contributed by atoms with Crippen LogP contribution in [0.2, 0.25) is 0 Å². The van der Waals surface area contributed by atoms with Gasteiger partial charge in [0.15, 0.2) is 0 Å². The number of anilines is 1. The van der Waals surface area contributed by atoms with Gasteiger partial charge >= 0.3 is 11.9 Å². The van der Waals surface area contributed by atoms with Crippen LogP contribution >= 0.6 is 0 Å². The number of aromatic nitrogens is 2. The number of alkyl halides is 3. The van der Waals surface area contributed by atoms with E-state index in [0.717, 1.165) is 6.07 Å². The number of halogens is 3. The molecule has 0 fully saturated rings. The van der Waals surface area contributed by atoms with E-state index >= 15 is 0 Å². The number of hydrogen-bond donors (Lipinski definition) is 4. The van der Waals surface area contributed by atoms with Gasteiger partial charge in [-0.1, -0.05) is 12.1 Å². The van der Waals surface area contributed by atoms with Crippen molar-refractivity contribution in [2.24, 2.45) is 0 Å². The quantitative estimate of drug-likeness (QED) is 0.645. The van der Waals surface area contributed by atoms with E-state index in [2.05, 4.69) is 10.3 Å². The van der Waals surface area contributed by atoms with Crippen LogP contribution in [0, 0.1) is 0 Å². The molecule has 2 aromatic rings. The van der Waals surface area contributed by atoms with Crippen molar-refractivity contribution in [3.63, 3.8) is 0 Å². The lowest BCUT2D eigenvalue weighted by Crippen LogP contribution is -2.35. The van der Waals surface area contributed by atoms with Crippen molar-refractivity contribution in [1.82, 2.24) is 15.3 Å². The Morgan fingerprint density at radius 3 is 2.64 bits per heavy atom. The molecule has 0 radical (unpaired) electrons. The van der Waals surface area contributed by atoms with Gasteiger partial charge in [-0.3, -0.25) is 14.6 Å². The first kappa shape index (κ1) is 16.8. The van der Waals surface area contributed by atoms with Crippen LogP contribution in [-0.4, -0.2) is 15.9 Å². The molecule has 1 amide bonds. The van der Waals surface area contributed by atoms with Crippen molar-refractivity contribution < 1.29 is 18.0 Å². The maximum atomic E-state index is 13.1. The third-order valence-corrected chi connectivity index (χ3v) is 4.09. The van der Waals surface area contributed by atoms with Gasteiger partial charge in [-0.15, -0.1) is 0 Å². The topological polar surface area (TPSA) is 121 Å². The highest BCUT2D eigenvalue weighted by molar-refractivity contribution is 5.97. The minimum absolute atomic E-state index is 0.132. The second kappa shape index (κ2) is 5.80. The summed E-state index contributed by atoms with van der Waals surface area (Å²) in [5.41, 5.74) is 2.52. The molecule has 1 atom stereocenters. The zero-order valence-corrected chi connectivity index (χ0v) is 12.7. The third kappa shape index (κ3) is 3.02. The molecular weight excluding hydrogens is 341 g/mol. The molecule has 5 N–H and O–H groups in total. The second-order valence-electron chi connectivity index (χ2n) is 5.63. The number of nitrogens with two attached hydrogens (primary N) is 1. The Morgan fingerprint density at radius 2 is 1.96 bits per heavy atom. The van der Waals surface area contributed by atoms with Crippen LogP contribution in [0.5, 0.6) is 0 Å². The lowest BCUT2D eigenvalue weighted by atomic mass is 10.0. The van der Waals surface area contributed by atoms with Crippen LogP contribution < -0.4 is 22.3 Å². The number of nitrogens with one attached hydrogen (secondary N) is 3. The molecule has 1 aliphatic rings. The molecule has 1 aromatic heterocycles. The predicted octanol–water partition coefficient (Wildman–Crippen LogP) is 1.08. The van der Waals surface area contributed by atoms with Gasteiger partial charge in [0.05, 0.1) is 11.6 Å². The van der Waals surface area contributed by atoms with Crippen LogP contribution in [0.1, 0.15) is 39.6 Å². The average Bonchev–Trinajstić information content (AvgIpc) is 2.92. The molecular formula is C15H13F3N4O3. The number of aromatic amines is 2. The van der Waals surface area contributed by atoms with Gasteiger partial charge in [0.25, 0.3) is 11.5 Å². The number of hydrogen-bond acceptors (Lipinski definition) is 4. The first-order chi connectivity index (χ1) is 11.7. The first-order valence-corrected chi connectivity index (χ1v) is 7.30. The number of carbonyl (C=O) groups excluding carboxylic acids is 1. The Hall–Kier alpha value is -3.04. The summed E-state index contributed by atoms with van der Waals surface area (Å²) in [6, 6.07) is 3.10. The predicted molar refractivity (Wildman–Crippen MR) is 82.1 cm³/mol. The maximum Gasteiger partial charge on any atom is 0.416 e. The number of H-pyrrole nitrogens is 2. The van der Waals surface area contributed by atoms with Gasteiger partial charge < -0.3 is 16.0 Å².